The van der Waals surface area contributed by atoms with Gasteiger partial charge >= 0.3 is 6.03 Å². The first-order valence-corrected chi connectivity index (χ1v) is 9.40. The summed E-state index contributed by atoms with van der Waals surface area (Å²) in [6, 6.07) is 10.8. The van der Waals surface area contributed by atoms with Crippen LogP contribution in [0.5, 0.6) is 0 Å². The fourth-order valence-electron chi connectivity index (χ4n) is 2.32. The number of hydrogen-bond donors (Lipinski definition) is 3. The van der Waals surface area contributed by atoms with Gasteiger partial charge in [0.1, 0.15) is 10.7 Å². The van der Waals surface area contributed by atoms with Crippen molar-refractivity contribution < 1.29 is 14.0 Å². The summed E-state index contributed by atoms with van der Waals surface area (Å²) >= 11 is 6.75. The molecule has 0 saturated heterocycles. The molecule has 0 spiro atoms. The van der Waals surface area contributed by atoms with Gasteiger partial charge in [-0.05, 0) is 44.2 Å². The maximum absolute atomic E-state index is 13.2. The van der Waals surface area contributed by atoms with Crippen LogP contribution in [-0.4, -0.2) is 16.9 Å². The van der Waals surface area contributed by atoms with E-state index in [0.29, 0.717) is 21.9 Å². The quantitative estimate of drug-likeness (QED) is 0.526. The lowest BCUT2D eigenvalue weighted by molar-refractivity contribution is 0.102. The van der Waals surface area contributed by atoms with E-state index in [9.17, 15) is 14.0 Å². The van der Waals surface area contributed by atoms with E-state index in [2.05, 4.69) is 20.9 Å². The Kier molecular flexibility index (Phi) is 5.91. The summed E-state index contributed by atoms with van der Waals surface area (Å²) in [6.45, 7) is 3.61. The Bertz CT molecular complexity index is 1040. The fraction of sp³-hybridized carbons (Fsp3) is 0.105. The van der Waals surface area contributed by atoms with Crippen LogP contribution >= 0.6 is 22.9 Å². The molecular weight excluding hydrogens is 403 g/mol. The van der Waals surface area contributed by atoms with Crippen LogP contribution in [0.25, 0.3) is 0 Å². The van der Waals surface area contributed by atoms with Gasteiger partial charge in [-0.3, -0.25) is 10.1 Å². The first-order valence-electron chi connectivity index (χ1n) is 8.20. The van der Waals surface area contributed by atoms with Crippen LogP contribution < -0.4 is 16.0 Å². The number of amides is 3. The zero-order valence-corrected chi connectivity index (χ0v) is 16.5. The predicted octanol–water partition coefficient (Wildman–Crippen LogP) is 5.45. The van der Waals surface area contributed by atoms with Crippen LogP contribution in [0.2, 0.25) is 5.02 Å². The highest BCUT2D eigenvalue weighted by Crippen LogP contribution is 2.25. The Hall–Kier alpha value is -2.97. The number of hydrogen-bond acceptors (Lipinski definition) is 4. The molecule has 1 aromatic heterocycles. The van der Waals surface area contributed by atoms with Gasteiger partial charge in [0.05, 0.1) is 10.7 Å². The SMILES string of the molecule is Cc1ccc(NC(=O)Nc2nc(C)c(C(=O)Nc3ccc(F)c(Cl)c3)s2)cc1. The van der Waals surface area contributed by atoms with Gasteiger partial charge in [0.15, 0.2) is 5.13 Å². The monoisotopic (exact) mass is 418 g/mol. The van der Waals surface area contributed by atoms with E-state index < -0.39 is 17.8 Å². The minimum atomic E-state index is -0.570. The number of rotatable bonds is 4. The molecule has 28 heavy (non-hydrogen) atoms. The van der Waals surface area contributed by atoms with Crippen LogP contribution in [0.4, 0.5) is 25.7 Å². The molecule has 9 heteroatoms. The Labute approximate surface area is 169 Å². The highest BCUT2D eigenvalue weighted by atomic mass is 35.5. The molecule has 0 aliphatic rings. The van der Waals surface area contributed by atoms with Gasteiger partial charge < -0.3 is 10.6 Å². The van der Waals surface area contributed by atoms with Gasteiger partial charge in [0, 0.05) is 11.4 Å². The fourth-order valence-corrected chi connectivity index (χ4v) is 3.36. The maximum atomic E-state index is 13.2. The summed E-state index contributed by atoms with van der Waals surface area (Å²) in [4.78, 5) is 29.1. The molecule has 6 nitrogen and oxygen atoms in total. The molecular formula is C19H16ClFN4O2S. The van der Waals surface area contributed by atoms with Crippen molar-refractivity contribution in [2.24, 2.45) is 0 Å². The molecule has 0 unspecified atom stereocenters. The Morgan fingerprint density at radius 2 is 1.68 bits per heavy atom. The van der Waals surface area contributed by atoms with Crippen LogP contribution in [0.15, 0.2) is 42.5 Å². The first kappa shape index (κ1) is 19.8. The second-order valence-electron chi connectivity index (χ2n) is 5.96. The van der Waals surface area contributed by atoms with Crippen molar-refractivity contribution in [3.05, 3.63) is 69.4 Å². The van der Waals surface area contributed by atoms with Crippen molar-refractivity contribution >= 4 is 51.4 Å². The van der Waals surface area contributed by atoms with Crippen molar-refractivity contribution in [3.8, 4) is 0 Å². The molecule has 0 saturated carbocycles. The number of carbonyl (C=O) groups excluding carboxylic acids is 2. The topological polar surface area (TPSA) is 83.1 Å². The summed E-state index contributed by atoms with van der Waals surface area (Å²) in [6.07, 6.45) is 0. The van der Waals surface area contributed by atoms with Gasteiger partial charge in [-0.15, -0.1) is 0 Å². The number of benzene rings is 2. The molecule has 144 valence electrons. The van der Waals surface area contributed by atoms with Crippen LogP contribution in [0, 0.1) is 19.7 Å². The number of nitrogens with zero attached hydrogens (tertiary/aromatic N) is 1. The number of aryl methyl sites for hydroxylation is 2. The average Bonchev–Trinajstić information content (AvgIpc) is 3.00. The minimum Gasteiger partial charge on any atom is -0.321 e. The lowest BCUT2D eigenvalue weighted by atomic mass is 10.2. The number of urea groups is 1. The van der Waals surface area contributed by atoms with Gasteiger partial charge in [0.25, 0.3) is 5.91 Å². The molecule has 0 fully saturated rings. The zero-order chi connectivity index (χ0) is 20.3. The van der Waals surface area contributed by atoms with E-state index >= 15 is 0 Å². The third kappa shape index (κ3) is 4.85. The molecule has 3 rings (SSSR count). The van der Waals surface area contributed by atoms with Crippen molar-refractivity contribution in [3.63, 3.8) is 0 Å². The molecule has 3 amide bonds. The van der Waals surface area contributed by atoms with Gasteiger partial charge in [0.2, 0.25) is 0 Å². The highest BCUT2D eigenvalue weighted by molar-refractivity contribution is 7.17. The Morgan fingerprint density at radius 3 is 2.36 bits per heavy atom. The summed E-state index contributed by atoms with van der Waals surface area (Å²) < 4.78 is 13.2. The van der Waals surface area contributed by atoms with E-state index in [1.54, 1.807) is 19.1 Å². The second kappa shape index (κ2) is 8.37. The van der Waals surface area contributed by atoms with Gasteiger partial charge in [-0.2, -0.15) is 0 Å². The lowest BCUT2D eigenvalue weighted by Gasteiger charge is -2.05. The molecule has 0 radical (unpaired) electrons. The van der Waals surface area contributed by atoms with E-state index in [4.69, 9.17) is 11.6 Å². The molecule has 3 N–H and O–H groups in total. The second-order valence-corrected chi connectivity index (χ2v) is 7.37. The van der Waals surface area contributed by atoms with Crippen molar-refractivity contribution in [1.29, 1.82) is 0 Å². The highest BCUT2D eigenvalue weighted by Gasteiger charge is 2.17. The van der Waals surface area contributed by atoms with Gasteiger partial charge in [-0.25, -0.2) is 14.2 Å². The van der Waals surface area contributed by atoms with Gasteiger partial charge in [-0.1, -0.05) is 40.6 Å². The van der Waals surface area contributed by atoms with Crippen molar-refractivity contribution in [1.82, 2.24) is 4.98 Å². The molecule has 0 aliphatic carbocycles. The smallest absolute Gasteiger partial charge is 0.321 e. The Balaban J connectivity index is 1.66. The summed E-state index contributed by atoms with van der Waals surface area (Å²) in [7, 11) is 0. The first-order chi connectivity index (χ1) is 13.3. The van der Waals surface area contributed by atoms with Crippen molar-refractivity contribution in [2.75, 3.05) is 16.0 Å². The third-order valence-electron chi connectivity index (χ3n) is 3.71. The largest absolute Gasteiger partial charge is 0.325 e. The van der Waals surface area contributed by atoms with Crippen molar-refractivity contribution in [2.45, 2.75) is 13.8 Å². The molecule has 0 aliphatic heterocycles. The number of carbonyl (C=O) groups is 2. The standard InChI is InChI=1S/C19H16ClFN4O2S/c1-10-3-5-12(6-4-10)24-18(27)25-19-22-11(2)16(28-19)17(26)23-13-7-8-15(21)14(20)9-13/h3-9H,1-2H3,(H,23,26)(H2,22,24,25,27). The minimum absolute atomic E-state index is 0.0889. The normalized spacial score (nSPS) is 10.4. The van der Waals surface area contributed by atoms with E-state index in [0.717, 1.165) is 16.9 Å². The maximum Gasteiger partial charge on any atom is 0.325 e. The van der Waals surface area contributed by atoms with E-state index in [1.807, 2.05) is 19.1 Å². The number of nitrogens with one attached hydrogen (secondary N) is 3. The summed E-state index contributed by atoms with van der Waals surface area (Å²) in [5.41, 5.74) is 2.54. The molecule has 2 aromatic carbocycles. The molecule has 1 heterocycles. The number of halogens is 2. The third-order valence-corrected chi connectivity index (χ3v) is 5.07. The Morgan fingerprint density at radius 1 is 1.00 bits per heavy atom. The summed E-state index contributed by atoms with van der Waals surface area (Å²) in [5, 5.41) is 8.12. The summed E-state index contributed by atoms with van der Waals surface area (Å²) in [5.74, 6) is -0.996. The van der Waals surface area contributed by atoms with Crippen LogP contribution in [-0.2, 0) is 0 Å². The van der Waals surface area contributed by atoms with Crippen LogP contribution in [0.1, 0.15) is 20.9 Å². The number of thiazole rings is 1. The van der Waals surface area contributed by atoms with Crippen LogP contribution in [0.3, 0.4) is 0 Å². The lowest BCUT2D eigenvalue weighted by Crippen LogP contribution is -2.19. The van der Waals surface area contributed by atoms with E-state index in [1.165, 1.54) is 18.2 Å². The van der Waals surface area contributed by atoms with E-state index in [-0.39, 0.29) is 10.2 Å². The number of aromatic nitrogens is 1. The molecule has 0 bridgehead atoms. The molecule has 3 aromatic rings. The average molecular weight is 419 g/mol. The number of anilines is 3. The predicted molar refractivity (Wildman–Crippen MR) is 110 cm³/mol. The molecule has 0 atom stereocenters. The zero-order valence-electron chi connectivity index (χ0n) is 15.0.